The van der Waals surface area contributed by atoms with Crippen molar-refractivity contribution in [2.45, 2.75) is 51.6 Å². The Balaban J connectivity index is 2.28. The van der Waals surface area contributed by atoms with Gasteiger partial charge in [-0.05, 0) is 26.2 Å². The third-order valence-electron chi connectivity index (χ3n) is 3.32. The van der Waals surface area contributed by atoms with Gasteiger partial charge in [0.25, 0.3) is 0 Å². The van der Waals surface area contributed by atoms with Gasteiger partial charge in [0.05, 0.1) is 11.5 Å². The van der Waals surface area contributed by atoms with Crippen molar-refractivity contribution in [2.75, 3.05) is 11.5 Å². The minimum Gasteiger partial charge on any atom is -0.352 e. The molecule has 1 saturated heterocycles. The molecule has 1 fully saturated rings. The molecular formula is C12H24N2O3S. The number of nitrogens with two attached hydrogens (primary N) is 1. The fourth-order valence-electron chi connectivity index (χ4n) is 2.13. The van der Waals surface area contributed by atoms with Crippen LogP contribution in [-0.2, 0) is 14.6 Å². The molecule has 0 radical (unpaired) electrons. The molecule has 0 aromatic rings. The van der Waals surface area contributed by atoms with E-state index in [-0.39, 0.29) is 35.4 Å². The lowest BCUT2D eigenvalue weighted by molar-refractivity contribution is -0.125. The van der Waals surface area contributed by atoms with Gasteiger partial charge < -0.3 is 11.1 Å². The van der Waals surface area contributed by atoms with Crippen LogP contribution in [0.15, 0.2) is 0 Å². The summed E-state index contributed by atoms with van der Waals surface area (Å²) < 4.78 is 22.5. The summed E-state index contributed by atoms with van der Waals surface area (Å²) in [7, 11) is -2.93. The standard InChI is InChI=1S/C12H24N2O3S/c1-9(4-3-5-10(2)13)12(15)14-11-6-7-18(16,17)8-11/h9-11H,3-8,13H2,1-2H3,(H,14,15). The normalized spacial score (nSPS) is 25.6. The zero-order valence-corrected chi connectivity index (χ0v) is 12.0. The van der Waals surface area contributed by atoms with Crippen LogP contribution in [-0.4, -0.2) is 37.9 Å². The van der Waals surface area contributed by atoms with Gasteiger partial charge in [0, 0.05) is 18.0 Å². The van der Waals surface area contributed by atoms with Crippen LogP contribution in [0, 0.1) is 5.92 Å². The number of rotatable bonds is 6. The van der Waals surface area contributed by atoms with Crippen molar-refractivity contribution < 1.29 is 13.2 Å². The van der Waals surface area contributed by atoms with Gasteiger partial charge in [-0.2, -0.15) is 0 Å². The molecule has 1 rings (SSSR count). The number of hydrogen-bond donors (Lipinski definition) is 2. The van der Waals surface area contributed by atoms with Crippen LogP contribution in [0.2, 0.25) is 0 Å². The van der Waals surface area contributed by atoms with Crippen LogP contribution in [0.5, 0.6) is 0 Å². The quantitative estimate of drug-likeness (QED) is 0.737. The number of nitrogens with one attached hydrogen (secondary N) is 1. The van der Waals surface area contributed by atoms with E-state index in [1.54, 1.807) is 0 Å². The zero-order valence-electron chi connectivity index (χ0n) is 11.2. The first-order chi connectivity index (χ1) is 8.30. The minimum absolute atomic E-state index is 0.0400. The molecule has 106 valence electrons. The molecule has 3 unspecified atom stereocenters. The lowest BCUT2D eigenvalue weighted by atomic mass is 10.0. The maximum Gasteiger partial charge on any atom is 0.223 e. The fourth-order valence-corrected chi connectivity index (χ4v) is 3.80. The van der Waals surface area contributed by atoms with Gasteiger partial charge in [0.2, 0.25) is 5.91 Å². The third-order valence-corrected chi connectivity index (χ3v) is 5.09. The predicted molar refractivity (Wildman–Crippen MR) is 71.9 cm³/mol. The molecule has 0 spiro atoms. The first-order valence-electron chi connectivity index (χ1n) is 6.56. The Labute approximate surface area is 109 Å². The van der Waals surface area contributed by atoms with Gasteiger partial charge in [0.15, 0.2) is 9.84 Å². The van der Waals surface area contributed by atoms with E-state index >= 15 is 0 Å². The van der Waals surface area contributed by atoms with Crippen LogP contribution in [0.3, 0.4) is 0 Å². The Morgan fingerprint density at radius 1 is 1.39 bits per heavy atom. The summed E-state index contributed by atoms with van der Waals surface area (Å²) in [5.74, 6) is 0.163. The van der Waals surface area contributed by atoms with Crippen molar-refractivity contribution in [3.63, 3.8) is 0 Å². The molecule has 1 aliphatic heterocycles. The van der Waals surface area contributed by atoms with E-state index in [0.717, 1.165) is 19.3 Å². The summed E-state index contributed by atoms with van der Waals surface area (Å²) in [5.41, 5.74) is 5.65. The maximum atomic E-state index is 11.8. The highest BCUT2D eigenvalue weighted by Crippen LogP contribution is 2.14. The molecule has 0 saturated carbocycles. The van der Waals surface area contributed by atoms with E-state index in [1.165, 1.54) is 0 Å². The van der Waals surface area contributed by atoms with E-state index in [2.05, 4.69) is 5.32 Å². The van der Waals surface area contributed by atoms with Gasteiger partial charge in [-0.25, -0.2) is 8.42 Å². The summed E-state index contributed by atoms with van der Waals surface area (Å²) in [6.45, 7) is 3.83. The highest BCUT2D eigenvalue weighted by atomic mass is 32.2. The van der Waals surface area contributed by atoms with E-state index < -0.39 is 9.84 Å². The van der Waals surface area contributed by atoms with Crippen molar-refractivity contribution in [2.24, 2.45) is 11.7 Å². The van der Waals surface area contributed by atoms with Crippen molar-refractivity contribution in [1.82, 2.24) is 5.32 Å². The summed E-state index contributed by atoms with van der Waals surface area (Å²) in [6, 6.07) is -0.0291. The third kappa shape index (κ3) is 5.35. The Bertz CT molecular complexity index is 379. The SMILES string of the molecule is CC(N)CCCC(C)C(=O)NC1CCS(=O)(=O)C1. The van der Waals surface area contributed by atoms with E-state index in [4.69, 9.17) is 5.73 Å². The molecule has 0 bridgehead atoms. The number of carbonyl (C=O) groups is 1. The second-order valence-corrected chi connectivity index (χ2v) is 7.65. The molecule has 6 heteroatoms. The molecule has 0 aliphatic carbocycles. The molecular weight excluding hydrogens is 252 g/mol. The van der Waals surface area contributed by atoms with E-state index in [9.17, 15) is 13.2 Å². The van der Waals surface area contributed by atoms with Gasteiger partial charge in [-0.3, -0.25) is 4.79 Å². The Morgan fingerprint density at radius 3 is 2.56 bits per heavy atom. The number of amides is 1. The monoisotopic (exact) mass is 276 g/mol. The molecule has 5 nitrogen and oxygen atoms in total. The van der Waals surface area contributed by atoms with Crippen molar-refractivity contribution in [3.8, 4) is 0 Å². The largest absolute Gasteiger partial charge is 0.352 e. The maximum absolute atomic E-state index is 11.8. The molecule has 3 atom stereocenters. The second-order valence-electron chi connectivity index (χ2n) is 5.42. The average Bonchev–Trinajstić information content (AvgIpc) is 2.57. The van der Waals surface area contributed by atoms with Gasteiger partial charge in [-0.1, -0.05) is 13.3 Å². The average molecular weight is 276 g/mol. The zero-order chi connectivity index (χ0) is 13.8. The molecule has 0 aromatic carbocycles. The van der Waals surface area contributed by atoms with E-state index in [1.807, 2.05) is 13.8 Å². The number of sulfone groups is 1. The lowest BCUT2D eigenvalue weighted by Gasteiger charge is -2.16. The highest BCUT2D eigenvalue weighted by molar-refractivity contribution is 7.91. The van der Waals surface area contributed by atoms with Crippen LogP contribution in [0.4, 0.5) is 0 Å². The van der Waals surface area contributed by atoms with Crippen molar-refractivity contribution >= 4 is 15.7 Å². The summed E-state index contributed by atoms with van der Waals surface area (Å²) >= 11 is 0. The second kappa shape index (κ2) is 6.52. The summed E-state index contributed by atoms with van der Waals surface area (Å²) in [6.07, 6.45) is 3.18. The van der Waals surface area contributed by atoms with E-state index in [0.29, 0.717) is 6.42 Å². The lowest BCUT2D eigenvalue weighted by Crippen LogP contribution is -2.38. The number of hydrogen-bond acceptors (Lipinski definition) is 4. The van der Waals surface area contributed by atoms with Gasteiger partial charge in [-0.15, -0.1) is 0 Å². The van der Waals surface area contributed by atoms with Crippen LogP contribution in [0.25, 0.3) is 0 Å². The molecule has 1 heterocycles. The van der Waals surface area contributed by atoms with Crippen LogP contribution in [0.1, 0.15) is 39.5 Å². The van der Waals surface area contributed by atoms with Gasteiger partial charge in [0.1, 0.15) is 0 Å². The smallest absolute Gasteiger partial charge is 0.223 e. The molecule has 18 heavy (non-hydrogen) atoms. The first-order valence-corrected chi connectivity index (χ1v) is 8.38. The van der Waals surface area contributed by atoms with Crippen molar-refractivity contribution in [3.05, 3.63) is 0 Å². The fraction of sp³-hybridized carbons (Fsp3) is 0.917. The minimum atomic E-state index is -2.93. The molecule has 0 aromatic heterocycles. The highest BCUT2D eigenvalue weighted by Gasteiger charge is 2.29. The topological polar surface area (TPSA) is 89.3 Å². The summed E-state index contributed by atoms with van der Waals surface area (Å²) in [4.78, 5) is 11.8. The Morgan fingerprint density at radius 2 is 2.06 bits per heavy atom. The van der Waals surface area contributed by atoms with Crippen LogP contribution < -0.4 is 11.1 Å². The first kappa shape index (κ1) is 15.4. The molecule has 1 aliphatic rings. The molecule has 3 N–H and O–H groups in total. The predicted octanol–water partition coefficient (Wildman–Crippen LogP) is 0.443. The van der Waals surface area contributed by atoms with Gasteiger partial charge >= 0.3 is 0 Å². The molecule has 1 amide bonds. The van der Waals surface area contributed by atoms with Crippen LogP contribution >= 0.6 is 0 Å². The van der Waals surface area contributed by atoms with Crippen molar-refractivity contribution in [1.29, 1.82) is 0 Å². The Hall–Kier alpha value is -0.620. The number of carbonyl (C=O) groups excluding carboxylic acids is 1. The Kier molecular flexibility index (Phi) is 5.59. The summed E-state index contributed by atoms with van der Waals surface area (Å²) in [5, 5.41) is 2.82.